The molecule has 1 atom stereocenters. The Bertz CT molecular complexity index is 157. The molecule has 76 valence electrons. The number of hydrogen-bond donors (Lipinski definition) is 0. The zero-order valence-corrected chi connectivity index (χ0v) is 8.55. The highest BCUT2D eigenvalue weighted by molar-refractivity contribution is 4.90. The molecular weight excluding hydrogens is 164 g/mol. The molecule has 2 fully saturated rings. The summed E-state index contributed by atoms with van der Waals surface area (Å²) in [7, 11) is 0. The van der Waals surface area contributed by atoms with Crippen molar-refractivity contribution in [1.82, 2.24) is 0 Å². The maximum atomic E-state index is 5.88. The summed E-state index contributed by atoms with van der Waals surface area (Å²) >= 11 is 0. The second-order valence-electron chi connectivity index (χ2n) is 4.40. The van der Waals surface area contributed by atoms with Crippen LogP contribution in [-0.2, 0) is 9.47 Å². The monoisotopic (exact) mass is 184 g/mol. The Labute approximate surface area is 80.6 Å². The predicted molar refractivity (Wildman–Crippen MR) is 51.8 cm³/mol. The van der Waals surface area contributed by atoms with Crippen molar-refractivity contribution < 1.29 is 9.47 Å². The van der Waals surface area contributed by atoms with Gasteiger partial charge in [0, 0.05) is 0 Å². The SMILES string of the molecule is CCC1(COC2CCCCC2)CO1. The molecule has 0 spiro atoms. The maximum absolute atomic E-state index is 5.88. The molecule has 1 saturated carbocycles. The summed E-state index contributed by atoms with van der Waals surface area (Å²) in [6.45, 7) is 3.92. The van der Waals surface area contributed by atoms with Crippen molar-refractivity contribution in [3.8, 4) is 0 Å². The van der Waals surface area contributed by atoms with Crippen LogP contribution in [0.2, 0.25) is 0 Å². The van der Waals surface area contributed by atoms with Crippen LogP contribution in [0.3, 0.4) is 0 Å². The third-order valence-electron chi connectivity index (χ3n) is 3.33. The molecular formula is C11H20O2. The van der Waals surface area contributed by atoms with Crippen molar-refractivity contribution in [2.45, 2.75) is 57.2 Å². The summed E-state index contributed by atoms with van der Waals surface area (Å²) in [6, 6.07) is 0. The zero-order valence-electron chi connectivity index (χ0n) is 8.55. The van der Waals surface area contributed by atoms with Gasteiger partial charge < -0.3 is 9.47 Å². The van der Waals surface area contributed by atoms with Gasteiger partial charge in [-0.15, -0.1) is 0 Å². The molecule has 0 aromatic heterocycles. The van der Waals surface area contributed by atoms with E-state index in [2.05, 4.69) is 6.92 Å². The predicted octanol–water partition coefficient (Wildman–Crippen LogP) is 2.51. The number of rotatable bonds is 4. The van der Waals surface area contributed by atoms with Gasteiger partial charge in [-0.1, -0.05) is 26.2 Å². The molecule has 2 rings (SSSR count). The molecule has 1 heterocycles. The Kier molecular flexibility index (Phi) is 2.89. The van der Waals surface area contributed by atoms with E-state index >= 15 is 0 Å². The Morgan fingerprint density at radius 2 is 2.00 bits per heavy atom. The Morgan fingerprint density at radius 1 is 1.31 bits per heavy atom. The van der Waals surface area contributed by atoms with Crippen LogP contribution in [0.5, 0.6) is 0 Å². The molecule has 1 aliphatic heterocycles. The van der Waals surface area contributed by atoms with Gasteiger partial charge in [-0.05, 0) is 19.3 Å². The average molecular weight is 184 g/mol. The molecule has 1 aliphatic carbocycles. The molecule has 1 saturated heterocycles. The van der Waals surface area contributed by atoms with Crippen LogP contribution < -0.4 is 0 Å². The summed E-state index contributed by atoms with van der Waals surface area (Å²) in [4.78, 5) is 0. The third-order valence-corrected chi connectivity index (χ3v) is 3.33. The minimum atomic E-state index is 0.122. The quantitative estimate of drug-likeness (QED) is 0.626. The fourth-order valence-corrected chi connectivity index (χ4v) is 1.99. The maximum Gasteiger partial charge on any atom is 0.115 e. The summed E-state index contributed by atoms with van der Waals surface area (Å²) in [5.74, 6) is 0. The smallest absolute Gasteiger partial charge is 0.115 e. The van der Waals surface area contributed by atoms with E-state index in [-0.39, 0.29) is 5.60 Å². The molecule has 0 N–H and O–H groups in total. The van der Waals surface area contributed by atoms with Crippen molar-refractivity contribution >= 4 is 0 Å². The molecule has 2 heteroatoms. The lowest BCUT2D eigenvalue weighted by Gasteiger charge is -2.23. The Hall–Kier alpha value is -0.0800. The van der Waals surface area contributed by atoms with E-state index in [0.717, 1.165) is 19.6 Å². The van der Waals surface area contributed by atoms with Gasteiger partial charge in [0.1, 0.15) is 5.60 Å². The summed E-state index contributed by atoms with van der Waals surface area (Å²) in [5, 5.41) is 0. The highest BCUT2D eigenvalue weighted by Crippen LogP contribution is 2.32. The average Bonchev–Trinajstić information content (AvgIpc) is 2.97. The van der Waals surface area contributed by atoms with Gasteiger partial charge >= 0.3 is 0 Å². The van der Waals surface area contributed by atoms with Crippen molar-refractivity contribution in [3.63, 3.8) is 0 Å². The van der Waals surface area contributed by atoms with Crippen LogP contribution in [-0.4, -0.2) is 24.9 Å². The first kappa shape index (κ1) is 9.47. The van der Waals surface area contributed by atoms with Gasteiger partial charge in [0.2, 0.25) is 0 Å². The van der Waals surface area contributed by atoms with Crippen LogP contribution in [0.1, 0.15) is 45.4 Å². The summed E-state index contributed by atoms with van der Waals surface area (Å²) in [6.07, 6.45) is 8.26. The minimum Gasteiger partial charge on any atom is -0.375 e. The van der Waals surface area contributed by atoms with E-state index in [9.17, 15) is 0 Å². The highest BCUT2D eigenvalue weighted by Gasteiger charge is 2.43. The molecule has 0 aromatic carbocycles. The second-order valence-corrected chi connectivity index (χ2v) is 4.40. The topological polar surface area (TPSA) is 21.8 Å². The number of ether oxygens (including phenoxy) is 2. The lowest BCUT2D eigenvalue weighted by molar-refractivity contribution is -0.00251. The lowest BCUT2D eigenvalue weighted by atomic mass is 9.97. The first-order chi connectivity index (χ1) is 6.35. The standard InChI is InChI=1S/C11H20O2/c1-2-11(9-13-11)8-12-10-6-4-3-5-7-10/h10H,2-9H2,1H3. The molecule has 0 radical (unpaired) electrons. The van der Waals surface area contributed by atoms with Gasteiger partial charge in [-0.3, -0.25) is 0 Å². The van der Waals surface area contributed by atoms with E-state index in [4.69, 9.17) is 9.47 Å². The fourth-order valence-electron chi connectivity index (χ4n) is 1.99. The molecule has 0 bridgehead atoms. The third kappa shape index (κ3) is 2.44. The van der Waals surface area contributed by atoms with E-state index in [1.54, 1.807) is 0 Å². The van der Waals surface area contributed by atoms with Crippen LogP contribution in [0, 0.1) is 0 Å². The van der Waals surface area contributed by atoms with Gasteiger partial charge in [-0.25, -0.2) is 0 Å². The van der Waals surface area contributed by atoms with Gasteiger partial charge in [0.15, 0.2) is 0 Å². The highest BCUT2D eigenvalue weighted by atomic mass is 16.6. The van der Waals surface area contributed by atoms with Crippen LogP contribution in [0.15, 0.2) is 0 Å². The van der Waals surface area contributed by atoms with Crippen molar-refractivity contribution in [1.29, 1.82) is 0 Å². The molecule has 2 aliphatic rings. The fraction of sp³-hybridized carbons (Fsp3) is 1.00. The number of epoxide rings is 1. The zero-order chi connectivity index (χ0) is 9.15. The molecule has 2 nitrogen and oxygen atoms in total. The minimum absolute atomic E-state index is 0.122. The summed E-state index contributed by atoms with van der Waals surface area (Å²) in [5.41, 5.74) is 0.122. The Morgan fingerprint density at radius 3 is 2.54 bits per heavy atom. The van der Waals surface area contributed by atoms with Gasteiger partial charge in [-0.2, -0.15) is 0 Å². The second kappa shape index (κ2) is 3.97. The molecule has 13 heavy (non-hydrogen) atoms. The van der Waals surface area contributed by atoms with Crippen molar-refractivity contribution in [3.05, 3.63) is 0 Å². The van der Waals surface area contributed by atoms with Gasteiger partial charge in [0.25, 0.3) is 0 Å². The van der Waals surface area contributed by atoms with Crippen molar-refractivity contribution in [2.75, 3.05) is 13.2 Å². The van der Waals surface area contributed by atoms with E-state index in [1.165, 1.54) is 32.1 Å². The van der Waals surface area contributed by atoms with E-state index < -0.39 is 0 Å². The lowest BCUT2D eigenvalue weighted by Crippen LogP contribution is -2.25. The van der Waals surface area contributed by atoms with Crippen LogP contribution >= 0.6 is 0 Å². The van der Waals surface area contributed by atoms with E-state index in [1.807, 2.05) is 0 Å². The van der Waals surface area contributed by atoms with E-state index in [0.29, 0.717) is 6.10 Å². The summed E-state index contributed by atoms with van der Waals surface area (Å²) < 4.78 is 11.3. The Balaban J connectivity index is 1.66. The first-order valence-electron chi connectivity index (χ1n) is 5.60. The van der Waals surface area contributed by atoms with Crippen LogP contribution in [0.25, 0.3) is 0 Å². The van der Waals surface area contributed by atoms with Crippen molar-refractivity contribution in [2.24, 2.45) is 0 Å². The first-order valence-corrected chi connectivity index (χ1v) is 5.60. The largest absolute Gasteiger partial charge is 0.375 e. The van der Waals surface area contributed by atoms with Gasteiger partial charge in [0.05, 0.1) is 19.3 Å². The molecule has 1 unspecified atom stereocenters. The number of hydrogen-bond acceptors (Lipinski definition) is 2. The molecule has 0 amide bonds. The normalized spacial score (nSPS) is 34.8. The van der Waals surface area contributed by atoms with Crippen LogP contribution in [0.4, 0.5) is 0 Å². The molecule has 0 aromatic rings.